The molecule has 0 radical (unpaired) electrons. The molecular weight excluding hydrogens is 114 g/mol. The first-order chi connectivity index (χ1) is 4.34. The molecular formula is C7H11NO. The average Bonchev–Trinajstić information content (AvgIpc) is 1.89. The van der Waals surface area contributed by atoms with Crippen LogP contribution >= 0.6 is 0 Å². The van der Waals surface area contributed by atoms with E-state index < -0.39 is 0 Å². The van der Waals surface area contributed by atoms with Crippen molar-refractivity contribution in [2.24, 2.45) is 11.1 Å². The lowest BCUT2D eigenvalue weighted by Gasteiger charge is -2.13. The molecule has 2 heteroatoms. The Bertz CT molecular complexity index is 140. The van der Waals surface area contributed by atoms with Crippen LogP contribution in [0.2, 0.25) is 0 Å². The van der Waals surface area contributed by atoms with Gasteiger partial charge in [-0.15, -0.1) is 4.91 Å². The summed E-state index contributed by atoms with van der Waals surface area (Å²) in [5.41, 5.74) is 0.751. The summed E-state index contributed by atoms with van der Waals surface area (Å²) < 4.78 is 0. The molecule has 0 unspecified atom stereocenters. The van der Waals surface area contributed by atoms with E-state index in [1.807, 2.05) is 13.0 Å². The maximum Gasteiger partial charge on any atom is 0.0837 e. The Labute approximate surface area is 54.9 Å². The van der Waals surface area contributed by atoms with E-state index in [2.05, 4.69) is 5.18 Å². The van der Waals surface area contributed by atoms with Crippen molar-refractivity contribution in [1.29, 1.82) is 0 Å². The molecule has 0 amide bonds. The Morgan fingerprint density at radius 1 is 1.78 bits per heavy atom. The summed E-state index contributed by atoms with van der Waals surface area (Å²) >= 11 is 0. The number of nitroso groups, excluding NO2 is 1. The molecule has 2 nitrogen and oxygen atoms in total. The van der Waals surface area contributed by atoms with E-state index in [0.717, 1.165) is 18.5 Å². The number of allylic oxidation sites excluding steroid dienone is 2. The molecule has 0 bridgehead atoms. The Kier molecular flexibility index (Phi) is 1.98. The summed E-state index contributed by atoms with van der Waals surface area (Å²) in [6.45, 7) is 2.05. The molecule has 0 heterocycles. The maximum atomic E-state index is 10.1. The van der Waals surface area contributed by atoms with Crippen LogP contribution in [0, 0.1) is 10.8 Å². The van der Waals surface area contributed by atoms with E-state index in [-0.39, 0.29) is 0 Å². The third-order valence-electron chi connectivity index (χ3n) is 1.81. The third-order valence-corrected chi connectivity index (χ3v) is 1.81. The molecule has 50 valence electrons. The van der Waals surface area contributed by atoms with Crippen molar-refractivity contribution in [1.82, 2.24) is 0 Å². The number of hydrogen-bond donors (Lipinski definition) is 0. The quantitative estimate of drug-likeness (QED) is 0.495. The van der Waals surface area contributed by atoms with E-state index in [4.69, 9.17) is 0 Å². The fraction of sp³-hybridized carbons (Fsp3) is 0.714. The van der Waals surface area contributed by atoms with Gasteiger partial charge in [0.15, 0.2) is 0 Å². The summed E-state index contributed by atoms with van der Waals surface area (Å²) in [5, 5.41) is 2.94. The molecule has 0 spiro atoms. The van der Waals surface area contributed by atoms with Crippen LogP contribution in [-0.2, 0) is 0 Å². The van der Waals surface area contributed by atoms with E-state index >= 15 is 0 Å². The molecule has 0 fully saturated rings. The molecule has 0 N–H and O–H groups in total. The fourth-order valence-electron chi connectivity index (χ4n) is 1.15. The Hall–Kier alpha value is -0.660. The standard InChI is InChI=1S/C7H11NO/c1-6-4-2-3-5-7(6)8-9/h5-6H,2-4H2,1H3/t6-/m1/s1. The van der Waals surface area contributed by atoms with Gasteiger partial charge < -0.3 is 0 Å². The summed E-state index contributed by atoms with van der Waals surface area (Å²) in [5.74, 6) is 0.399. The summed E-state index contributed by atoms with van der Waals surface area (Å²) in [6, 6.07) is 0. The molecule has 1 atom stereocenters. The van der Waals surface area contributed by atoms with E-state index in [1.54, 1.807) is 0 Å². The fourth-order valence-corrected chi connectivity index (χ4v) is 1.15. The van der Waals surface area contributed by atoms with Crippen molar-refractivity contribution >= 4 is 0 Å². The van der Waals surface area contributed by atoms with Crippen LogP contribution in [0.25, 0.3) is 0 Å². The van der Waals surface area contributed by atoms with Gasteiger partial charge in [-0.3, -0.25) is 0 Å². The van der Waals surface area contributed by atoms with Crippen molar-refractivity contribution in [2.45, 2.75) is 26.2 Å². The zero-order valence-electron chi connectivity index (χ0n) is 5.63. The second-order valence-electron chi connectivity index (χ2n) is 2.55. The number of nitrogens with zero attached hydrogens (tertiary/aromatic N) is 1. The minimum atomic E-state index is 0.399. The lowest BCUT2D eigenvalue weighted by Crippen LogP contribution is -2.01. The first-order valence-electron chi connectivity index (χ1n) is 3.38. The van der Waals surface area contributed by atoms with Crippen molar-refractivity contribution in [3.63, 3.8) is 0 Å². The van der Waals surface area contributed by atoms with Crippen LogP contribution in [0.5, 0.6) is 0 Å². The highest BCUT2D eigenvalue weighted by Gasteiger charge is 2.12. The smallest absolute Gasteiger partial charge is 0.0837 e. The van der Waals surface area contributed by atoms with Crippen molar-refractivity contribution in [2.75, 3.05) is 0 Å². The predicted octanol–water partition coefficient (Wildman–Crippen LogP) is 2.46. The van der Waals surface area contributed by atoms with Crippen molar-refractivity contribution in [3.8, 4) is 0 Å². The second-order valence-corrected chi connectivity index (χ2v) is 2.55. The highest BCUT2D eigenvalue weighted by atomic mass is 16.3. The van der Waals surface area contributed by atoms with Gasteiger partial charge in [0.25, 0.3) is 0 Å². The Balaban J connectivity index is 2.63. The van der Waals surface area contributed by atoms with E-state index in [0.29, 0.717) is 5.92 Å². The van der Waals surface area contributed by atoms with Gasteiger partial charge in [-0.05, 0) is 24.4 Å². The first-order valence-corrected chi connectivity index (χ1v) is 3.38. The molecule has 1 aliphatic rings. The van der Waals surface area contributed by atoms with Gasteiger partial charge in [-0.2, -0.15) is 0 Å². The molecule has 0 aromatic carbocycles. The van der Waals surface area contributed by atoms with Gasteiger partial charge >= 0.3 is 0 Å². The van der Waals surface area contributed by atoms with Gasteiger partial charge in [0.2, 0.25) is 0 Å². The summed E-state index contributed by atoms with van der Waals surface area (Å²) in [4.78, 5) is 10.1. The Morgan fingerprint density at radius 3 is 3.00 bits per heavy atom. The van der Waals surface area contributed by atoms with Gasteiger partial charge in [0, 0.05) is 5.92 Å². The number of hydrogen-bond acceptors (Lipinski definition) is 2. The lowest BCUT2D eigenvalue weighted by atomic mass is 9.95. The van der Waals surface area contributed by atoms with Crippen LogP contribution < -0.4 is 0 Å². The van der Waals surface area contributed by atoms with Crippen LogP contribution in [0.15, 0.2) is 16.9 Å². The maximum absolute atomic E-state index is 10.1. The zero-order chi connectivity index (χ0) is 6.69. The van der Waals surface area contributed by atoms with Crippen molar-refractivity contribution in [3.05, 3.63) is 16.7 Å². The average molecular weight is 125 g/mol. The second kappa shape index (κ2) is 2.76. The summed E-state index contributed by atoms with van der Waals surface area (Å²) in [6.07, 6.45) is 5.31. The summed E-state index contributed by atoms with van der Waals surface area (Å²) in [7, 11) is 0. The third kappa shape index (κ3) is 1.37. The van der Waals surface area contributed by atoms with Gasteiger partial charge in [-0.25, -0.2) is 0 Å². The van der Waals surface area contributed by atoms with Crippen LogP contribution in [0.1, 0.15) is 26.2 Å². The topological polar surface area (TPSA) is 29.4 Å². The van der Waals surface area contributed by atoms with Crippen LogP contribution in [0.3, 0.4) is 0 Å². The monoisotopic (exact) mass is 125 g/mol. The van der Waals surface area contributed by atoms with Gasteiger partial charge in [0.1, 0.15) is 0 Å². The highest BCUT2D eigenvalue weighted by Crippen LogP contribution is 2.24. The predicted molar refractivity (Wildman–Crippen MR) is 36.9 cm³/mol. The molecule has 0 aromatic heterocycles. The molecule has 1 rings (SSSR count). The zero-order valence-corrected chi connectivity index (χ0v) is 5.63. The van der Waals surface area contributed by atoms with E-state index in [9.17, 15) is 4.91 Å². The van der Waals surface area contributed by atoms with Gasteiger partial charge in [0.05, 0.1) is 5.70 Å². The van der Waals surface area contributed by atoms with Crippen LogP contribution in [0.4, 0.5) is 0 Å². The molecule has 0 saturated heterocycles. The Morgan fingerprint density at radius 2 is 2.56 bits per heavy atom. The highest BCUT2D eigenvalue weighted by molar-refractivity contribution is 5.06. The van der Waals surface area contributed by atoms with E-state index in [1.165, 1.54) is 6.42 Å². The SMILES string of the molecule is C[C@@H]1CCCC=C1N=O. The largest absolute Gasteiger partial charge is 0.145 e. The first kappa shape index (κ1) is 6.46. The molecule has 0 aromatic rings. The van der Waals surface area contributed by atoms with Gasteiger partial charge in [-0.1, -0.05) is 13.0 Å². The number of rotatable bonds is 1. The van der Waals surface area contributed by atoms with Crippen molar-refractivity contribution < 1.29 is 0 Å². The molecule has 0 aliphatic heterocycles. The molecule has 9 heavy (non-hydrogen) atoms. The lowest BCUT2D eigenvalue weighted by molar-refractivity contribution is 0.546. The minimum Gasteiger partial charge on any atom is -0.145 e. The molecule has 1 aliphatic carbocycles. The van der Waals surface area contributed by atoms with Crippen LogP contribution in [-0.4, -0.2) is 0 Å². The molecule has 0 saturated carbocycles. The normalized spacial score (nSPS) is 27.2. The minimum absolute atomic E-state index is 0.399.